The number of nitrogens with two attached hydrogens (primary N) is 1. The number of halogens is 1. The van der Waals surface area contributed by atoms with Crippen molar-refractivity contribution >= 4 is 46.4 Å². The number of pyridine rings is 1. The standard InChI is InChI=1S/C25H21N5O2S.ClH/c26-20-6-2-5-19(14-20)24(32)30-12-9-22(30)23(31)29-25-28-21(15-33-25)18-4-1-3-17(13-18)16-7-10-27-11-8-16;/h1-8,10-11,13-15,22H,9,12,26H2,(H,28,29,31);1H. The topological polar surface area (TPSA) is 101 Å². The van der Waals surface area contributed by atoms with E-state index in [1.165, 1.54) is 11.3 Å². The van der Waals surface area contributed by atoms with Gasteiger partial charge in [0.2, 0.25) is 5.91 Å². The van der Waals surface area contributed by atoms with Crippen LogP contribution in [0.15, 0.2) is 78.4 Å². The molecule has 0 saturated carbocycles. The molecule has 7 nitrogen and oxygen atoms in total. The number of likely N-dealkylation sites (tertiary alicyclic amines) is 1. The minimum Gasteiger partial charge on any atom is -0.399 e. The number of nitrogen functional groups attached to an aromatic ring is 1. The maximum Gasteiger partial charge on any atom is 0.254 e. The zero-order valence-corrected chi connectivity index (χ0v) is 19.7. The molecule has 0 spiro atoms. The van der Waals surface area contributed by atoms with Crippen LogP contribution in [0.25, 0.3) is 22.4 Å². The molecule has 1 aliphatic heterocycles. The Morgan fingerprint density at radius 2 is 1.76 bits per heavy atom. The number of anilines is 2. The molecule has 1 unspecified atom stereocenters. The third kappa shape index (κ3) is 4.78. The number of hydrogen-bond donors (Lipinski definition) is 2. The first-order valence-corrected chi connectivity index (χ1v) is 11.4. The monoisotopic (exact) mass is 491 g/mol. The van der Waals surface area contributed by atoms with Crippen LogP contribution >= 0.6 is 23.7 Å². The lowest BCUT2D eigenvalue weighted by atomic mass is 10.00. The van der Waals surface area contributed by atoms with Crippen LogP contribution in [0.5, 0.6) is 0 Å². The first kappa shape index (κ1) is 23.4. The van der Waals surface area contributed by atoms with Crippen molar-refractivity contribution in [1.82, 2.24) is 14.9 Å². The van der Waals surface area contributed by atoms with Crippen molar-refractivity contribution in [3.63, 3.8) is 0 Å². The van der Waals surface area contributed by atoms with Gasteiger partial charge in [-0.15, -0.1) is 23.7 Å². The number of rotatable bonds is 5. The minimum atomic E-state index is -0.513. The molecule has 2 aromatic carbocycles. The lowest BCUT2D eigenvalue weighted by molar-refractivity contribution is -0.123. The van der Waals surface area contributed by atoms with Gasteiger partial charge in [0.1, 0.15) is 6.04 Å². The Hall–Kier alpha value is -3.75. The number of nitrogens with one attached hydrogen (secondary N) is 1. The van der Waals surface area contributed by atoms with Crippen molar-refractivity contribution in [2.45, 2.75) is 12.5 Å². The van der Waals surface area contributed by atoms with Gasteiger partial charge in [0.15, 0.2) is 5.13 Å². The molecule has 4 aromatic rings. The number of carbonyl (C=O) groups is 2. The summed E-state index contributed by atoms with van der Waals surface area (Å²) in [5, 5.41) is 5.29. The number of thiazole rings is 1. The van der Waals surface area contributed by atoms with Gasteiger partial charge in [-0.1, -0.05) is 24.3 Å². The zero-order chi connectivity index (χ0) is 22.8. The van der Waals surface area contributed by atoms with Crippen LogP contribution in [-0.2, 0) is 4.79 Å². The molecule has 1 fully saturated rings. The smallest absolute Gasteiger partial charge is 0.254 e. The van der Waals surface area contributed by atoms with E-state index in [4.69, 9.17) is 5.73 Å². The first-order chi connectivity index (χ1) is 16.1. The molecular formula is C25H22ClN5O2S. The number of aromatic nitrogens is 2. The third-order valence-corrected chi connectivity index (χ3v) is 6.38. The Kier molecular flexibility index (Phi) is 6.90. The molecule has 1 saturated heterocycles. The van der Waals surface area contributed by atoms with Crippen molar-refractivity contribution in [3.8, 4) is 22.4 Å². The summed E-state index contributed by atoms with van der Waals surface area (Å²) in [5.41, 5.74) is 10.7. The van der Waals surface area contributed by atoms with Gasteiger partial charge in [-0.25, -0.2) is 4.98 Å². The Morgan fingerprint density at radius 3 is 2.50 bits per heavy atom. The predicted octanol–water partition coefficient (Wildman–Crippen LogP) is 4.73. The first-order valence-electron chi connectivity index (χ1n) is 10.5. The van der Waals surface area contributed by atoms with Gasteiger partial charge in [-0.05, 0) is 53.9 Å². The summed E-state index contributed by atoms with van der Waals surface area (Å²) in [6, 6.07) is 18.3. The number of hydrogen-bond acceptors (Lipinski definition) is 6. The summed E-state index contributed by atoms with van der Waals surface area (Å²) < 4.78 is 0. The van der Waals surface area contributed by atoms with Crippen LogP contribution in [0.3, 0.4) is 0 Å². The summed E-state index contributed by atoms with van der Waals surface area (Å²) in [5.74, 6) is -0.425. The number of amides is 2. The van der Waals surface area contributed by atoms with E-state index < -0.39 is 6.04 Å². The Morgan fingerprint density at radius 1 is 1.00 bits per heavy atom. The highest BCUT2D eigenvalue weighted by Crippen LogP contribution is 2.30. The molecule has 0 radical (unpaired) electrons. The summed E-state index contributed by atoms with van der Waals surface area (Å²) in [4.78, 5) is 35.8. The van der Waals surface area contributed by atoms with E-state index in [1.54, 1.807) is 41.6 Å². The maximum atomic E-state index is 12.8. The predicted molar refractivity (Wildman–Crippen MR) is 137 cm³/mol. The fraction of sp³-hybridized carbons (Fsp3) is 0.120. The largest absolute Gasteiger partial charge is 0.399 e. The van der Waals surface area contributed by atoms with Crippen molar-refractivity contribution in [3.05, 3.63) is 84.0 Å². The van der Waals surface area contributed by atoms with E-state index in [-0.39, 0.29) is 24.2 Å². The van der Waals surface area contributed by atoms with Gasteiger partial charge in [-0.3, -0.25) is 14.6 Å². The maximum absolute atomic E-state index is 12.8. The Balaban J connectivity index is 0.00000274. The van der Waals surface area contributed by atoms with Crippen molar-refractivity contribution < 1.29 is 9.59 Å². The molecule has 9 heteroatoms. The fourth-order valence-electron chi connectivity index (χ4n) is 3.80. The van der Waals surface area contributed by atoms with Crippen LogP contribution in [0.4, 0.5) is 10.8 Å². The second kappa shape index (κ2) is 10.0. The van der Waals surface area contributed by atoms with Crippen molar-refractivity contribution in [2.75, 3.05) is 17.6 Å². The summed E-state index contributed by atoms with van der Waals surface area (Å²) in [6.45, 7) is 0.538. The quantitative estimate of drug-likeness (QED) is 0.393. The van der Waals surface area contributed by atoms with Crippen LogP contribution in [0.2, 0.25) is 0 Å². The number of benzene rings is 2. The SMILES string of the molecule is Cl.Nc1cccc(C(=O)N2CCC2C(=O)Nc2nc(-c3cccc(-c4ccncc4)c3)cs2)c1. The highest BCUT2D eigenvalue weighted by Gasteiger charge is 2.38. The van der Waals surface area contributed by atoms with Gasteiger partial charge in [0, 0.05) is 41.1 Å². The average molecular weight is 492 g/mol. The normalized spacial score (nSPS) is 14.6. The van der Waals surface area contributed by atoms with Crippen molar-refractivity contribution in [2.24, 2.45) is 0 Å². The van der Waals surface area contributed by atoms with Crippen molar-refractivity contribution in [1.29, 1.82) is 0 Å². The van der Waals surface area contributed by atoms with Gasteiger partial charge in [0.05, 0.1) is 5.69 Å². The van der Waals surface area contributed by atoms with E-state index in [1.807, 2.05) is 35.7 Å². The molecule has 0 bridgehead atoms. The lowest BCUT2D eigenvalue weighted by Crippen LogP contribution is -2.56. The fourth-order valence-corrected chi connectivity index (χ4v) is 4.52. The van der Waals surface area contributed by atoms with Crippen LogP contribution in [0, 0.1) is 0 Å². The minimum absolute atomic E-state index is 0. The number of nitrogens with zero attached hydrogens (tertiary/aromatic N) is 3. The molecule has 172 valence electrons. The van der Waals surface area contributed by atoms with E-state index in [0.717, 1.165) is 22.4 Å². The molecule has 2 amide bonds. The zero-order valence-electron chi connectivity index (χ0n) is 18.0. The molecule has 1 atom stereocenters. The molecule has 3 heterocycles. The second-order valence-electron chi connectivity index (χ2n) is 7.77. The highest BCUT2D eigenvalue weighted by atomic mass is 35.5. The molecule has 3 N–H and O–H groups in total. The molecule has 2 aromatic heterocycles. The summed E-state index contributed by atoms with van der Waals surface area (Å²) in [7, 11) is 0. The summed E-state index contributed by atoms with van der Waals surface area (Å²) in [6.07, 6.45) is 4.14. The Bertz CT molecular complexity index is 1330. The third-order valence-electron chi connectivity index (χ3n) is 5.62. The highest BCUT2D eigenvalue weighted by molar-refractivity contribution is 7.14. The second-order valence-corrected chi connectivity index (χ2v) is 8.63. The summed E-state index contributed by atoms with van der Waals surface area (Å²) >= 11 is 1.36. The van der Waals surface area contributed by atoms with Gasteiger partial charge >= 0.3 is 0 Å². The van der Waals surface area contributed by atoms with E-state index in [2.05, 4.69) is 21.4 Å². The van der Waals surface area contributed by atoms with Crippen LogP contribution < -0.4 is 11.1 Å². The Labute approximate surface area is 207 Å². The lowest BCUT2D eigenvalue weighted by Gasteiger charge is -2.39. The van der Waals surface area contributed by atoms with E-state index >= 15 is 0 Å². The number of carbonyl (C=O) groups excluding carboxylic acids is 2. The molecule has 1 aliphatic rings. The van der Waals surface area contributed by atoms with E-state index in [9.17, 15) is 9.59 Å². The average Bonchev–Trinajstić information content (AvgIpc) is 3.27. The van der Waals surface area contributed by atoms with Gasteiger partial charge in [0.25, 0.3) is 5.91 Å². The molecule has 5 rings (SSSR count). The molecular weight excluding hydrogens is 470 g/mol. The van der Waals surface area contributed by atoms with Gasteiger partial charge < -0.3 is 16.0 Å². The van der Waals surface area contributed by atoms with Gasteiger partial charge in [-0.2, -0.15) is 0 Å². The van der Waals surface area contributed by atoms with Crippen LogP contribution in [0.1, 0.15) is 16.8 Å². The van der Waals surface area contributed by atoms with Crippen LogP contribution in [-0.4, -0.2) is 39.3 Å². The molecule has 0 aliphatic carbocycles. The van der Waals surface area contributed by atoms with E-state index in [0.29, 0.717) is 29.3 Å². The molecule has 34 heavy (non-hydrogen) atoms.